The maximum Gasteiger partial charge on any atom is 0.345 e. The largest absolute Gasteiger partial charge is 0.393 e. The molecule has 5 nitrogen and oxygen atoms in total. The Bertz CT molecular complexity index is 397. The number of rotatable bonds is 22. The topological polar surface area (TPSA) is 83.8 Å². The summed E-state index contributed by atoms with van der Waals surface area (Å²) in [4.78, 5) is 22.6. The summed E-state index contributed by atoms with van der Waals surface area (Å²) < 4.78 is 4.45. The molecule has 0 fully saturated rings. The zero-order chi connectivity index (χ0) is 22.3. The summed E-state index contributed by atoms with van der Waals surface area (Å²) >= 11 is 0. The van der Waals surface area contributed by atoms with Crippen LogP contribution < -0.4 is 0 Å². The molecule has 1 unspecified atom stereocenters. The summed E-state index contributed by atoms with van der Waals surface area (Å²) in [5, 5.41) is 17.6. The van der Waals surface area contributed by atoms with Crippen LogP contribution in [0, 0.1) is 0 Å². The Morgan fingerprint density at radius 1 is 0.633 bits per heavy atom. The lowest BCUT2D eigenvalue weighted by molar-refractivity contribution is -0.167. The van der Waals surface area contributed by atoms with Crippen LogP contribution >= 0.6 is 0 Å². The number of ether oxygens (including phenoxy) is 1. The first-order chi connectivity index (χ1) is 14.6. The molecule has 0 rings (SSSR count). The van der Waals surface area contributed by atoms with Gasteiger partial charge in [0.2, 0.25) is 0 Å². The van der Waals surface area contributed by atoms with Crippen LogP contribution in [0.15, 0.2) is 0 Å². The third-order valence-electron chi connectivity index (χ3n) is 5.64. The van der Waals surface area contributed by atoms with Crippen molar-refractivity contribution in [2.75, 3.05) is 6.61 Å². The second-order valence-electron chi connectivity index (χ2n) is 8.61. The molecule has 0 spiro atoms. The lowest BCUT2D eigenvalue weighted by Gasteiger charge is -2.06. The highest BCUT2D eigenvalue weighted by atomic mass is 16.6. The standard InChI is InChI=1S/C25H48O5/c1-2-3-4-5-6-7-8-9-10-11-12-13-14-15-16-17-18-19-20-21-24(28)30-25(29)23(27)22-26/h23,26-27H,2-22H2,1H3. The fraction of sp³-hybridized carbons (Fsp3) is 0.920. The Kier molecular flexibility index (Phi) is 22.0. The van der Waals surface area contributed by atoms with E-state index in [0.717, 1.165) is 12.8 Å². The third kappa shape index (κ3) is 20.3. The van der Waals surface area contributed by atoms with Crippen molar-refractivity contribution in [2.24, 2.45) is 0 Å². The third-order valence-corrected chi connectivity index (χ3v) is 5.64. The Hall–Kier alpha value is -0.940. The number of aliphatic hydroxyl groups is 2. The zero-order valence-corrected chi connectivity index (χ0v) is 19.5. The molecular formula is C25H48O5. The SMILES string of the molecule is CCCCCCCCCCCCCCCCCCCCCC(=O)OC(=O)C(O)CO. The van der Waals surface area contributed by atoms with E-state index in [0.29, 0.717) is 6.42 Å². The van der Waals surface area contributed by atoms with Gasteiger partial charge in [0.25, 0.3) is 0 Å². The molecule has 2 N–H and O–H groups in total. The van der Waals surface area contributed by atoms with E-state index in [1.807, 2.05) is 0 Å². The van der Waals surface area contributed by atoms with Crippen LogP contribution in [0.2, 0.25) is 0 Å². The van der Waals surface area contributed by atoms with Crippen molar-refractivity contribution in [2.45, 2.75) is 141 Å². The summed E-state index contributed by atoms with van der Waals surface area (Å²) in [5.74, 6) is -1.69. The molecule has 0 radical (unpaired) electrons. The number of carbonyl (C=O) groups is 2. The van der Waals surface area contributed by atoms with E-state index in [1.54, 1.807) is 0 Å². The van der Waals surface area contributed by atoms with Crippen molar-refractivity contribution in [1.29, 1.82) is 0 Å². The minimum absolute atomic E-state index is 0.183. The molecule has 0 saturated carbocycles. The first kappa shape index (κ1) is 29.1. The summed E-state index contributed by atoms with van der Waals surface area (Å²) in [6.45, 7) is 1.54. The Morgan fingerprint density at radius 3 is 1.30 bits per heavy atom. The molecule has 0 bridgehead atoms. The zero-order valence-electron chi connectivity index (χ0n) is 19.5. The summed E-state index contributed by atoms with van der Waals surface area (Å²) in [6.07, 6.45) is 23.2. The Balaban J connectivity index is 3.19. The summed E-state index contributed by atoms with van der Waals surface area (Å²) in [5.41, 5.74) is 0. The van der Waals surface area contributed by atoms with E-state index in [2.05, 4.69) is 11.7 Å². The van der Waals surface area contributed by atoms with Gasteiger partial charge in [0.1, 0.15) is 0 Å². The van der Waals surface area contributed by atoms with E-state index in [-0.39, 0.29) is 6.42 Å². The molecule has 0 aliphatic heterocycles. The van der Waals surface area contributed by atoms with Crippen molar-refractivity contribution in [1.82, 2.24) is 0 Å². The minimum Gasteiger partial charge on any atom is -0.393 e. The van der Waals surface area contributed by atoms with Crippen LogP contribution in [-0.4, -0.2) is 34.9 Å². The van der Waals surface area contributed by atoms with Gasteiger partial charge in [-0.15, -0.1) is 0 Å². The van der Waals surface area contributed by atoms with Crippen LogP contribution in [0.3, 0.4) is 0 Å². The molecule has 30 heavy (non-hydrogen) atoms. The predicted octanol–water partition coefficient (Wildman–Crippen LogP) is 6.23. The number of aliphatic hydroxyl groups excluding tert-OH is 2. The van der Waals surface area contributed by atoms with Gasteiger partial charge in [-0.3, -0.25) is 4.79 Å². The first-order valence-corrected chi connectivity index (χ1v) is 12.6. The van der Waals surface area contributed by atoms with E-state index in [4.69, 9.17) is 10.2 Å². The van der Waals surface area contributed by atoms with E-state index >= 15 is 0 Å². The number of carbonyl (C=O) groups excluding carboxylic acids is 2. The molecule has 0 saturated heterocycles. The Labute approximate surface area is 185 Å². The predicted molar refractivity (Wildman–Crippen MR) is 122 cm³/mol. The summed E-state index contributed by atoms with van der Waals surface area (Å²) in [6, 6.07) is 0. The first-order valence-electron chi connectivity index (χ1n) is 12.6. The molecule has 0 amide bonds. The van der Waals surface area contributed by atoms with Crippen LogP contribution in [-0.2, 0) is 14.3 Å². The summed E-state index contributed by atoms with van der Waals surface area (Å²) in [7, 11) is 0. The quantitative estimate of drug-likeness (QED) is 0.121. The van der Waals surface area contributed by atoms with Crippen LogP contribution in [0.5, 0.6) is 0 Å². The van der Waals surface area contributed by atoms with Gasteiger partial charge in [-0.05, 0) is 6.42 Å². The smallest absolute Gasteiger partial charge is 0.345 e. The molecule has 0 aromatic carbocycles. The van der Waals surface area contributed by atoms with E-state index in [9.17, 15) is 9.59 Å². The van der Waals surface area contributed by atoms with Gasteiger partial charge in [-0.25, -0.2) is 4.79 Å². The second kappa shape index (κ2) is 22.7. The van der Waals surface area contributed by atoms with E-state index in [1.165, 1.54) is 103 Å². The molecule has 0 aliphatic carbocycles. The van der Waals surface area contributed by atoms with Gasteiger partial charge in [0.05, 0.1) is 6.61 Å². The van der Waals surface area contributed by atoms with Crippen molar-refractivity contribution >= 4 is 11.9 Å². The van der Waals surface area contributed by atoms with Gasteiger partial charge < -0.3 is 14.9 Å². The van der Waals surface area contributed by atoms with Crippen LogP contribution in [0.4, 0.5) is 0 Å². The van der Waals surface area contributed by atoms with Crippen molar-refractivity contribution in [3.63, 3.8) is 0 Å². The highest BCUT2D eigenvalue weighted by Gasteiger charge is 2.18. The van der Waals surface area contributed by atoms with Gasteiger partial charge in [-0.2, -0.15) is 0 Å². The number of unbranched alkanes of at least 4 members (excludes halogenated alkanes) is 18. The molecule has 0 aliphatic rings. The molecule has 178 valence electrons. The van der Waals surface area contributed by atoms with E-state index < -0.39 is 24.6 Å². The maximum absolute atomic E-state index is 11.4. The molecule has 5 heteroatoms. The lowest BCUT2D eigenvalue weighted by atomic mass is 10.0. The number of hydrogen-bond donors (Lipinski definition) is 2. The Morgan fingerprint density at radius 2 is 0.967 bits per heavy atom. The number of hydrogen-bond acceptors (Lipinski definition) is 5. The van der Waals surface area contributed by atoms with Gasteiger partial charge >= 0.3 is 11.9 Å². The van der Waals surface area contributed by atoms with Crippen molar-refractivity contribution in [3.05, 3.63) is 0 Å². The van der Waals surface area contributed by atoms with Crippen molar-refractivity contribution < 1.29 is 24.5 Å². The molecule has 0 heterocycles. The van der Waals surface area contributed by atoms with Crippen LogP contribution in [0.25, 0.3) is 0 Å². The minimum atomic E-state index is -1.63. The highest BCUT2D eigenvalue weighted by Crippen LogP contribution is 2.14. The maximum atomic E-state index is 11.4. The highest BCUT2D eigenvalue weighted by molar-refractivity contribution is 5.87. The lowest BCUT2D eigenvalue weighted by Crippen LogP contribution is -2.28. The second-order valence-corrected chi connectivity index (χ2v) is 8.61. The fourth-order valence-corrected chi connectivity index (χ4v) is 3.65. The molecular weight excluding hydrogens is 380 g/mol. The van der Waals surface area contributed by atoms with Crippen molar-refractivity contribution in [3.8, 4) is 0 Å². The van der Waals surface area contributed by atoms with Gasteiger partial charge in [0.15, 0.2) is 6.10 Å². The van der Waals surface area contributed by atoms with Gasteiger partial charge in [0, 0.05) is 6.42 Å². The monoisotopic (exact) mass is 428 g/mol. The number of esters is 2. The van der Waals surface area contributed by atoms with Crippen LogP contribution in [0.1, 0.15) is 135 Å². The normalized spacial score (nSPS) is 12.1. The average molecular weight is 429 g/mol. The molecule has 0 aromatic rings. The van der Waals surface area contributed by atoms with Gasteiger partial charge in [-0.1, -0.05) is 122 Å². The molecule has 1 atom stereocenters. The fourth-order valence-electron chi connectivity index (χ4n) is 3.65. The molecule has 0 aromatic heterocycles. The average Bonchev–Trinajstić information content (AvgIpc) is 2.74.